The first kappa shape index (κ1) is 12.8. The molecule has 1 aromatic heterocycles. The van der Waals surface area contributed by atoms with E-state index in [2.05, 4.69) is 38.0 Å². The number of aryl methyl sites for hydroxylation is 1. The van der Waals surface area contributed by atoms with E-state index in [9.17, 15) is 10.1 Å². The topological polar surface area (TPSA) is 68.1 Å². The predicted molar refractivity (Wildman–Crippen MR) is 70.6 cm³/mol. The van der Waals surface area contributed by atoms with Crippen LogP contribution in [0.15, 0.2) is 12.3 Å². The Balaban J connectivity index is 2.32. The van der Waals surface area contributed by atoms with Crippen LogP contribution < -0.4 is 5.32 Å². The molecule has 1 aliphatic carbocycles. The van der Waals surface area contributed by atoms with Gasteiger partial charge in [0.2, 0.25) is 5.82 Å². The zero-order valence-electron chi connectivity index (χ0n) is 11.4. The van der Waals surface area contributed by atoms with Crippen molar-refractivity contribution < 1.29 is 4.92 Å². The van der Waals surface area contributed by atoms with E-state index in [0.29, 0.717) is 11.4 Å². The number of hydrogen-bond acceptors (Lipinski definition) is 4. The van der Waals surface area contributed by atoms with Crippen LogP contribution in [0.4, 0.5) is 11.5 Å². The summed E-state index contributed by atoms with van der Waals surface area (Å²) in [6, 6.07) is 1.87. The first-order chi connectivity index (χ1) is 8.19. The van der Waals surface area contributed by atoms with Crippen molar-refractivity contribution in [3.8, 4) is 0 Å². The Labute approximate surface area is 107 Å². The average Bonchev–Trinajstić information content (AvgIpc) is 2.60. The molecule has 2 rings (SSSR count). The molecule has 0 radical (unpaired) electrons. The monoisotopic (exact) mass is 249 g/mol. The van der Waals surface area contributed by atoms with Gasteiger partial charge in [0, 0.05) is 17.8 Å². The lowest BCUT2D eigenvalue weighted by atomic mass is 10.0. The fourth-order valence-corrected chi connectivity index (χ4v) is 2.58. The first-order valence-electron chi connectivity index (χ1n) is 6.06. The number of hydrogen-bond donors (Lipinski definition) is 1. The Hall–Kier alpha value is -1.65. The van der Waals surface area contributed by atoms with Gasteiger partial charge in [-0.3, -0.25) is 10.1 Å². The maximum atomic E-state index is 11.1. The molecule has 1 aromatic rings. The third-order valence-electron chi connectivity index (χ3n) is 4.61. The average molecular weight is 249 g/mol. The summed E-state index contributed by atoms with van der Waals surface area (Å²) in [6.07, 6.45) is 1.60. The van der Waals surface area contributed by atoms with E-state index in [0.717, 1.165) is 0 Å². The van der Waals surface area contributed by atoms with Crippen molar-refractivity contribution in [2.45, 2.75) is 40.7 Å². The number of nitrogens with zero attached hydrogens (tertiary/aromatic N) is 2. The zero-order chi connectivity index (χ0) is 13.7. The molecule has 5 heteroatoms. The highest BCUT2D eigenvalue weighted by atomic mass is 16.6. The predicted octanol–water partition coefficient (Wildman–Crippen LogP) is 3.14. The summed E-state index contributed by atoms with van der Waals surface area (Å²) in [5.41, 5.74) is 0.947. The van der Waals surface area contributed by atoms with Gasteiger partial charge in [0.05, 0.1) is 4.92 Å². The van der Waals surface area contributed by atoms with Gasteiger partial charge >= 0.3 is 5.69 Å². The highest BCUT2D eigenvalue weighted by Crippen LogP contribution is 2.63. The summed E-state index contributed by atoms with van der Waals surface area (Å²) in [7, 11) is 0. The SMILES string of the molecule is Cc1ccnc(NC2C(C)(C)C2(C)C)c1[N+](=O)[O-]. The fourth-order valence-electron chi connectivity index (χ4n) is 2.58. The van der Waals surface area contributed by atoms with Gasteiger partial charge in [-0.1, -0.05) is 27.7 Å². The van der Waals surface area contributed by atoms with Crippen molar-refractivity contribution in [2.75, 3.05) is 5.32 Å². The highest BCUT2D eigenvalue weighted by molar-refractivity contribution is 5.61. The summed E-state index contributed by atoms with van der Waals surface area (Å²) in [6.45, 7) is 10.4. The molecule has 0 saturated heterocycles. The van der Waals surface area contributed by atoms with Crippen molar-refractivity contribution in [3.63, 3.8) is 0 Å². The van der Waals surface area contributed by atoms with Crippen LogP contribution in [-0.4, -0.2) is 15.9 Å². The van der Waals surface area contributed by atoms with Crippen LogP contribution in [0.25, 0.3) is 0 Å². The first-order valence-corrected chi connectivity index (χ1v) is 6.06. The van der Waals surface area contributed by atoms with Crippen LogP contribution in [0.3, 0.4) is 0 Å². The third kappa shape index (κ3) is 1.65. The number of pyridine rings is 1. The second-order valence-corrected chi connectivity index (χ2v) is 6.10. The molecule has 1 heterocycles. The Kier molecular flexibility index (Phi) is 2.61. The minimum absolute atomic E-state index is 0.0796. The molecule has 98 valence electrons. The molecule has 0 bridgehead atoms. The summed E-state index contributed by atoms with van der Waals surface area (Å²) < 4.78 is 0. The van der Waals surface area contributed by atoms with Gasteiger partial charge in [-0.25, -0.2) is 4.98 Å². The van der Waals surface area contributed by atoms with Gasteiger partial charge in [0.1, 0.15) is 0 Å². The number of anilines is 1. The van der Waals surface area contributed by atoms with Gasteiger partial charge in [-0.15, -0.1) is 0 Å². The Morgan fingerprint density at radius 2 is 1.89 bits per heavy atom. The maximum absolute atomic E-state index is 11.1. The Bertz CT molecular complexity index is 495. The number of nitrogens with one attached hydrogen (secondary N) is 1. The van der Waals surface area contributed by atoms with Crippen LogP contribution >= 0.6 is 0 Å². The van der Waals surface area contributed by atoms with Crippen molar-refractivity contribution in [1.82, 2.24) is 4.98 Å². The molecule has 1 N–H and O–H groups in total. The van der Waals surface area contributed by atoms with Crippen LogP contribution in [-0.2, 0) is 0 Å². The van der Waals surface area contributed by atoms with Crippen LogP contribution in [0, 0.1) is 27.9 Å². The molecule has 18 heavy (non-hydrogen) atoms. The van der Waals surface area contributed by atoms with E-state index in [-0.39, 0.29) is 27.5 Å². The maximum Gasteiger partial charge on any atom is 0.314 e. The summed E-state index contributed by atoms with van der Waals surface area (Å²) in [4.78, 5) is 14.8. The summed E-state index contributed by atoms with van der Waals surface area (Å²) in [5, 5.41) is 14.3. The minimum atomic E-state index is -0.368. The molecule has 5 nitrogen and oxygen atoms in total. The second kappa shape index (κ2) is 3.67. The molecular weight excluding hydrogens is 230 g/mol. The summed E-state index contributed by atoms with van der Waals surface area (Å²) in [5.74, 6) is 0.378. The second-order valence-electron chi connectivity index (χ2n) is 6.10. The molecule has 0 atom stereocenters. The van der Waals surface area contributed by atoms with E-state index < -0.39 is 0 Å². The Morgan fingerprint density at radius 1 is 1.33 bits per heavy atom. The molecule has 0 spiro atoms. The zero-order valence-corrected chi connectivity index (χ0v) is 11.4. The number of nitro groups is 1. The molecule has 0 aromatic carbocycles. The van der Waals surface area contributed by atoms with Crippen molar-refractivity contribution >= 4 is 11.5 Å². The largest absolute Gasteiger partial charge is 0.360 e. The van der Waals surface area contributed by atoms with Crippen LogP contribution in [0.2, 0.25) is 0 Å². The molecule has 0 unspecified atom stereocenters. The molecule has 1 aliphatic rings. The van der Waals surface area contributed by atoms with Crippen LogP contribution in [0.5, 0.6) is 0 Å². The highest BCUT2D eigenvalue weighted by Gasteiger charge is 2.65. The normalized spacial score (nSPS) is 20.5. The van der Waals surface area contributed by atoms with Crippen molar-refractivity contribution in [2.24, 2.45) is 10.8 Å². The van der Waals surface area contributed by atoms with E-state index >= 15 is 0 Å². The number of rotatable bonds is 3. The lowest BCUT2D eigenvalue weighted by molar-refractivity contribution is -0.384. The Morgan fingerprint density at radius 3 is 2.33 bits per heavy atom. The van der Waals surface area contributed by atoms with E-state index in [1.54, 1.807) is 19.2 Å². The lowest BCUT2D eigenvalue weighted by Gasteiger charge is -2.08. The molecule has 1 saturated carbocycles. The van der Waals surface area contributed by atoms with Gasteiger partial charge in [0.25, 0.3) is 0 Å². The van der Waals surface area contributed by atoms with Crippen LogP contribution in [0.1, 0.15) is 33.3 Å². The molecular formula is C13H19N3O2. The van der Waals surface area contributed by atoms with Gasteiger partial charge in [-0.2, -0.15) is 0 Å². The van der Waals surface area contributed by atoms with E-state index in [4.69, 9.17) is 0 Å². The van der Waals surface area contributed by atoms with Gasteiger partial charge in [-0.05, 0) is 23.8 Å². The quantitative estimate of drug-likeness (QED) is 0.660. The fraction of sp³-hybridized carbons (Fsp3) is 0.615. The summed E-state index contributed by atoms with van der Waals surface area (Å²) >= 11 is 0. The molecule has 0 aliphatic heterocycles. The van der Waals surface area contributed by atoms with Crippen molar-refractivity contribution in [3.05, 3.63) is 27.9 Å². The van der Waals surface area contributed by atoms with Crippen molar-refractivity contribution in [1.29, 1.82) is 0 Å². The van der Waals surface area contributed by atoms with E-state index in [1.165, 1.54) is 0 Å². The van der Waals surface area contributed by atoms with E-state index in [1.807, 2.05) is 0 Å². The van der Waals surface area contributed by atoms with Gasteiger partial charge in [0.15, 0.2) is 0 Å². The molecule has 1 fully saturated rings. The lowest BCUT2D eigenvalue weighted by Crippen LogP contribution is -2.13. The smallest absolute Gasteiger partial charge is 0.314 e. The standard InChI is InChI=1S/C13H19N3O2/c1-8-6-7-14-10(9(8)16(17)18)15-11-12(2,3)13(11,4)5/h6-7,11H,1-5H3,(H,14,15). The minimum Gasteiger partial charge on any atom is -0.360 e. The number of aromatic nitrogens is 1. The van der Waals surface area contributed by atoms with Gasteiger partial charge < -0.3 is 5.32 Å². The molecule has 0 amide bonds. The third-order valence-corrected chi connectivity index (χ3v) is 4.61.